The monoisotopic (exact) mass is 308 g/mol. The maximum absolute atomic E-state index is 12.0. The lowest BCUT2D eigenvalue weighted by Gasteiger charge is -2.20. The van der Waals surface area contributed by atoms with Crippen LogP contribution in [0.15, 0.2) is 0 Å². The van der Waals surface area contributed by atoms with Gasteiger partial charge in [-0.25, -0.2) is 13.1 Å². The van der Waals surface area contributed by atoms with Crippen LogP contribution in [0.1, 0.15) is 46.0 Å². The summed E-state index contributed by atoms with van der Waals surface area (Å²) in [5, 5.41) is 3.69. The van der Waals surface area contributed by atoms with Crippen molar-refractivity contribution in [1.82, 2.24) is 10.0 Å². The molecular formula is C13H28N2O2S2. The SMILES string of the molecule is CCNCCCCS(=O)(=O)NC1CCCC1SCC. The number of unbranched alkanes of at least 4 members (excludes halogenated alkanes) is 1. The smallest absolute Gasteiger partial charge is 0.211 e. The van der Waals surface area contributed by atoms with E-state index in [0.717, 1.165) is 50.9 Å². The molecule has 19 heavy (non-hydrogen) atoms. The fraction of sp³-hybridized carbons (Fsp3) is 1.00. The molecule has 0 aliphatic heterocycles. The summed E-state index contributed by atoms with van der Waals surface area (Å²) < 4.78 is 27.0. The standard InChI is InChI=1S/C13H28N2O2S2/c1-3-14-10-5-6-11-19(16,17)15-12-8-7-9-13(12)18-4-2/h12-15H,3-11H2,1-2H3. The lowest BCUT2D eigenvalue weighted by Crippen LogP contribution is -2.40. The van der Waals surface area contributed by atoms with Crippen LogP contribution in [0.3, 0.4) is 0 Å². The average Bonchev–Trinajstić information content (AvgIpc) is 2.76. The van der Waals surface area contributed by atoms with E-state index in [2.05, 4.69) is 23.9 Å². The first-order chi connectivity index (χ1) is 9.09. The lowest BCUT2D eigenvalue weighted by atomic mass is 10.3. The van der Waals surface area contributed by atoms with Crippen molar-refractivity contribution in [2.75, 3.05) is 24.6 Å². The van der Waals surface area contributed by atoms with Gasteiger partial charge in [-0.1, -0.05) is 20.3 Å². The molecule has 0 saturated heterocycles. The van der Waals surface area contributed by atoms with Gasteiger partial charge in [-0.15, -0.1) is 0 Å². The Morgan fingerprint density at radius 3 is 2.68 bits per heavy atom. The van der Waals surface area contributed by atoms with Gasteiger partial charge in [0.05, 0.1) is 5.75 Å². The molecule has 0 amide bonds. The minimum absolute atomic E-state index is 0.156. The first kappa shape index (κ1) is 17.3. The zero-order chi connectivity index (χ0) is 14.1. The third kappa shape index (κ3) is 6.97. The van der Waals surface area contributed by atoms with Crippen LogP contribution in [0.5, 0.6) is 0 Å². The molecule has 0 radical (unpaired) electrons. The molecule has 6 heteroatoms. The number of sulfonamides is 1. The van der Waals surface area contributed by atoms with Gasteiger partial charge in [0.25, 0.3) is 0 Å². The van der Waals surface area contributed by atoms with Crippen LogP contribution in [-0.4, -0.2) is 44.3 Å². The molecule has 4 nitrogen and oxygen atoms in total. The second-order valence-electron chi connectivity index (χ2n) is 5.03. The van der Waals surface area contributed by atoms with Crippen molar-refractivity contribution in [2.45, 2.75) is 57.2 Å². The second kappa shape index (κ2) is 9.21. The Labute approximate surface area is 122 Å². The number of rotatable bonds is 10. The van der Waals surface area contributed by atoms with Gasteiger partial charge in [-0.3, -0.25) is 0 Å². The molecule has 1 aliphatic carbocycles. The fourth-order valence-electron chi connectivity index (χ4n) is 2.48. The Morgan fingerprint density at radius 2 is 2.00 bits per heavy atom. The van der Waals surface area contributed by atoms with Gasteiger partial charge in [0.2, 0.25) is 10.0 Å². The van der Waals surface area contributed by atoms with E-state index >= 15 is 0 Å². The van der Waals surface area contributed by atoms with E-state index in [-0.39, 0.29) is 11.8 Å². The van der Waals surface area contributed by atoms with Gasteiger partial charge < -0.3 is 5.32 Å². The van der Waals surface area contributed by atoms with Crippen LogP contribution in [0.4, 0.5) is 0 Å². The van der Waals surface area contributed by atoms with E-state index in [4.69, 9.17) is 0 Å². The number of nitrogens with one attached hydrogen (secondary N) is 2. The summed E-state index contributed by atoms with van der Waals surface area (Å²) in [6.07, 6.45) is 4.94. The molecule has 114 valence electrons. The van der Waals surface area contributed by atoms with Crippen LogP contribution < -0.4 is 10.0 Å². The average molecular weight is 309 g/mol. The minimum atomic E-state index is -3.09. The highest BCUT2D eigenvalue weighted by Gasteiger charge is 2.30. The molecule has 0 heterocycles. The zero-order valence-electron chi connectivity index (χ0n) is 12.2. The molecule has 1 rings (SSSR count). The highest BCUT2D eigenvalue weighted by atomic mass is 32.2. The molecular weight excluding hydrogens is 280 g/mol. The Kier molecular flexibility index (Phi) is 8.37. The predicted molar refractivity (Wildman–Crippen MR) is 84.3 cm³/mol. The van der Waals surface area contributed by atoms with Gasteiger partial charge in [-0.05, 0) is 44.5 Å². The maximum Gasteiger partial charge on any atom is 0.211 e. The van der Waals surface area contributed by atoms with Crippen molar-refractivity contribution in [3.63, 3.8) is 0 Å². The van der Waals surface area contributed by atoms with Crippen molar-refractivity contribution >= 4 is 21.8 Å². The molecule has 1 fully saturated rings. The fourth-order valence-corrected chi connectivity index (χ4v) is 5.21. The van der Waals surface area contributed by atoms with Crippen LogP contribution in [0.25, 0.3) is 0 Å². The Morgan fingerprint density at radius 1 is 1.21 bits per heavy atom. The molecule has 0 aromatic heterocycles. The quantitative estimate of drug-likeness (QED) is 0.606. The highest BCUT2D eigenvalue weighted by Crippen LogP contribution is 2.30. The van der Waals surface area contributed by atoms with E-state index in [1.165, 1.54) is 0 Å². The number of hydrogen-bond donors (Lipinski definition) is 2. The third-order valence-electron chi connectivity index (χ3n) is 3.43. The molecule has 0 aromatic carbocycles. The van der Waals surface area contributed by atoms with Crippen LogP contribution in [0.2, 0.25) is 0 Å². The van der Waals surface area contributed by atoms with Crippen LogP contribution in [-0.2, 0) is 10.0 Å². The zero-order valence-corrected chi connectivity index (χ0v) is 13.8. The summed E-state index contributed by atoms with van der Waals surface area (Å²) in [4.78, 5) is 0. The van der Waals surface area contributed by atoms with Gasteiger partial charge in [0, 0.05) is 11.3 Å². The minimum Gasteiger partial charge on any atom is -0.317 e. The van der Waals surface area contributed by atoms with E-state index < -0.39 is 10.0 Å². The van der Waals surface area contributed by atoms with E-state index in [1.807, 2.05) is 11.8 Å². The summed E-state index contributed by atoms with van der Waals surface area (Å²) in [5.74, 6) is 1.32. The number of thioether (sulfide) groups is 1. The third-order valence-corrected chi connectivity index (χ3v) is 6.24. The molecule has 1 aliphatic rings. The van der Waals surface area contributed by atoms with Crippen molar-refractivity contribution in [1.29, 1.82) is 0 Å². The van der Waals surface area contributed by atoms with E-state index in [1.54, 1.807) is 0 Å². The Bertz CT molecular complexity index is 334. The second-order valence-corrected chi connectivity index (χ2v) is 8.42. The van der Waals surface area contributed by atoms with Crippen molar-refractivity contribution < 1.29 is 8.42 Å². The molecule has 0 aromatic rings. The molecule has 2 unspecified atom stereocenters. The maximum atomic E-state index is 12.0. The Hall–Kier alpha value is 0.220. The molecule has 2 atom stereocenters. The molecule has 0 bridgehead atoms. The number of hydrogen-bond acceptors (Lipinski definition) is 4. The van der Waals surface area contributed by atoms with E-state index in [0.29, 0.717) is 5.25 Å². The van der Waals surface area contributed by atoms with Crippen molar-refractivity contribution in [3.8, 4) is 0 Å². The van der Waals surface area contributed by atoms with Crippen LogP contribution in [0, 0.1) is 0 Å². The van der Waals surface area contributed by atoms with Crippen LogP contribution >= 0.6 is 11.8 Å². The molecule has 0 spiro atoms. The molecule has 1 saturated carbocycles. The van der Waals surface area contributed by atoms with Gasteiger partial charge in [-0.2, -0.15) is 11.8 Å². The summed E-state index contributed by atoms with van der Waals surface area (Å²) in [6.45, 7) is 6.05. The summed E-state index contributed by atoms with van der Waals surface area (Å²) >= 11 is 1.89. The first-order valence-electron chi connectivity index (χ1n) is 7.41. The summed E-state index contributed by atoms with van der Waals surface area (Å²) in [5.41, 5.74) is 0. The van der Waals surface area contributed by atoms with E-state index in [9.17, 15) is 8.42 Å². The topological polar surface area (TPSA) is 58.2 Å². The summed E-state index contributed by atoms with van der Waals surface area (Å²) in [7, 11) is -3.09. The van der Waals surface area contributed by atoms with Crippen molar-refractivity contribution in [3.05, 3.63) is 0 Å². The molecule has 2 N–H and O–H groups in total. The lowest BCUT2D eigenvalue weighted by molar-refractivity contribution is 0.550. The van der Waals surface area contributed by atoms with Crippen molar-refractivity contribution in [2.24, 2.45) is 0 Å². The van der Waals surface area contributed by atoms with Gasteiger partial charge in [0.15, 0.2) is 0 Å². The van der Waals surface area contributed by atoms with Gasteiger partial charge >= 0.3 is 0 Å². The Balaban J connectivity index is 2.29. The summed E-state index contributed by atoms with van der Waals surface area (Å²) in [6, 6.07) is 0.156. The largest absolute Gasteiger partial charge is 0.317 e. The normalized spacial score (nSPS) is 23.9. The first-order valence-corrected chi connectivity index (χ1v) is 10.1. The van der Waals surface area contributed by atoms with Gasteiger partial charge in [0.1, 0.15) is 0 Å². The predicted octanol–water partition coefficient (Wildman–Crippen LogP) is 1.97. The highest BCUT2D eigenvalue weighted by molar-refractivity contribution is 8.00.